The number of quaternary nitrogens is 1. The fourth-order valence-electron chi connectivity index (χ4n) is 3.93. The molecule has 0 unspecified atom stereocenters. The van der Waals surface area contributed by atoms with Gasteiger partial charge in [-0.15, -0.1) is 0 Å². The van der Waals surface area contributed by atoms with Gasteiger partial charge in [0.2, 0.25) is 0 Å². The molecule has 0 aliphatic heterocycles. The molecule has 3 aromatic carbocycles. The number of carboxylic acid groups (broad SMARTS) is 1. The van der Waals surface area contributed by atoms with Crippen LogP contribution < -0.4 is 20.6 Å². The highest BCUT2D eigenvalue weighted by Crippen LogP contribution is 2.23. The van der Waals surface area contributed by atoms with Crippen molar-refractivity contribution in [2.75, 3.05) is 21.1 Å². The van der Waals surface area contributed by atoms with Crippen LogP contribution in [0, 0.1) is 5.41 Å². The van der Waals surface area contributed by atoms with Gasteiger partial charge < -0.3 is 25.5 Å². The number of hydrogen-bond acceptors (Lipinski definition) is 4. The van der Waals surface area contributed by atoms with Crippen LogP contribution in [0.15, 0.2) is 79.0 Å². The van der Waals surface area contributed by atoms with Crippen molar-refractivity contribution in [3.05, 3.63) is 101 Å². The third-order valence-electron chi connectivity index (χ3n) is 6.02. The lowest BCUT2D eigenvalue weighted by atomic mass is 10.1. The van der Waals surface area contributed by atoms with Crippen LogP contribution in [-0.4, -0.2) is 49.6 Å². The molecule has 4 aromatic rings. The summed E-state index contributed by atoms with van der Waals surface area (Å²) in [6.07, 6.45) is -3.29. The molecule has 4 N–H and O–H groups in total. The maximum absolute atomic E-state index is 13.1. The van der Waals surface area contributed by atoms with Crippen LogP contribution in [0.25, 0.3) is 10.9 Å². The summed E-state index contributed by atoms with van der Waals surface area (Å²) in [5, 5.41) is 20.4. The number of aromatic nitrogens is 1. The summed E-state index contributed by atoms with van der Waals surface area (Å²) >= 11 is 0. The molecular formula is C29H30F3N5O3. The van der Waals surface area contributed by atoms with Gasteiger partial charge in [0.1, 0.15) is 17.5 Å². The number of nitrogens with zero attached hydrogens (tertiary/aromatic N) is 2. The number of nitrogen functional groups attached to an aromatic ring is 1. The SMILES string of the molecule is C[N+](C)(C)c1ccc(CNC(=O)c2cn(Cc3cccc(C(=N)N)c3)c3ccccc23)cc1.O=C([O-])C(F)(F)F. The van der Waals surface area contributed by atoms with E-state index in [2.05, 4.69) is 55.3 Å². The monoisotopic (exact) mass is 553 g/mol. The van der Waals surface area contributed by atoms with E-state index in [0.717, 1.165) is 26.5 Å². The van der Waals surface area contributed by atoms with Gasteiger partial charge in [-0.2, -0.15) is 13.2 Å². The third-order valence-corrected chi connectivity index (χ3v) is 6.02. The van der Waals surface area contributed by atoms with Gasteiger partial charge in [-0.25, -0.2) is 0 Å². The number of alkyl halides is 3. The van der Waals surface area contributed by atoms with Crippen molar-refractivity contribution in [3.63, 3.8) is 0 Å². The molecule has 0 spiro atoms. The number of carbonyl (C=O) groups is 2. The van der Waals surface area contributed by atoms with Gasteiger partial charge in [0.05, 0.1) is 26.7 Å². The topological polar surface area (TPSA) is 124 Å². The first kappa shape index (κ1) is 29.9. The van der Waals surface area contributed by atoms with Crippen LogP contribution >= 0.6 is 0 Å². The van der Waals surface area contributed by atoms with Crippen molar-refractivity contribution in [3.8, 4) is 0 Å². The fraction of sp³-hybridized carbons (Fsp3) is 0.207. The summed E-state index contributed by atoms with van der Waals surface area (Å²) < 4.78 is 34.4. The Morgan fingerprint density at radius 2 is 1.60 bits per heavy atom. The molecule has 8 nitrogen and oxygen atoms in total. The van der Waals surface area contributed by atoms with Crippen molar-refractivity contribution in [1.29, 1.82) is 5.41 Å². The Bertz CT molecular complexity index is 1520. The number of aliphatic carboxylic acids is 1. The van der Waals surface area contributed by atoms with Crippen LogP contribution in [0.5, 0.6) is 0 Å². The molecule has 0 atom stereocenters. The molecule has 4 rings (SSSR count). The number of halogens is 3. The zero-order valence-electron chi connectivity index (χ0n) is 22.3. The highest BCUT2D eigenvalue weighted by Gasteiger charge is 2.28. The zero-order chi connectivity index (χ0) is 29.7. The molecule has 11 heteroatoms. The second kappa shape index (κ2) is 12.0. The number of carbonyl (C=O) groups excluding carboxylic acids is 2. The zero-order valence-corrected chi connectivity index (χ0v) is 22.3. The second-order valence-electron chi connectivity index (χ2n) is 9.95. The van der Waals surface area contributed by atoms with Gasteiger partial charge in [0, 0.05) is 35.8 Å². The molecule has 0 fully saturated rings. The molecular weight excluding hydrogens is 523 g/mol. The van der Waals surface area contributed by atoms with Gasteiger partial charge in [-0.1, -0.05) is 48.5 Å². The van der Waals surface area contributed by atoms with Crippen LogP contribution in [0.3, 0.4) is 0 Å². The lowest BCUT2D eigenvalue weighted by Crippen LogP contribution is -2.37. The average molecular weight is 554 g/mol. The molecule has 1 amide bonds. The Kier molecular flexibility index (Phi) is 9.00. The number of hydrogen-bond donors (Lipinski definition) is 3. The lowest BCUT2D eigenvalue weighted by molar-refractivity contribution is -0.344. The number of nitrogens with one attached hydrogen (secondary N) is 2. The van der Waals surface area contributed by atoms with E-state index in [9.17, 15) is 18.0 Å². The standard InChI is InChI=1S/C27H29N5O.C2HF3O2/c1-32(2,3)22-13-11-19(12-14-22)16-30-27(33)24-18-31(25-10-5-4-9-23(24)25)17-20-7-6-8-21(15-20)26(28)29;3-2(4,5)1(6)7/h4-15,18H,16-17H2,1-3H3,(H3-,28,29,30,33);(H,6,7). The number of amidine groups is 1. The molecule has 40 heavy (non-hydrogen) atoms. The molecule has 0 saturated carbocycles. The van der Waals surface area contributed by atoms with Gasteiger partial charge in [0.25, 0.3) is 5.91 Å². The number of nitrogens with two attached hydrogens (primary N) is 1. The molecule has 0 saturated heterocycles. The first-order valence-corrected chi connectivity index (χ1v) is 12.2. The predicted molar refractivity (Wildman–Crippen MR) is 147 cm³/mol. The summed E-state index contributed by atoms with van der Waals surface area (Å²) in [5.74, 6) is -3.06. The predicted octanol–water partition coefficient (Wildman–Crippen LogP) is 3.40. The molecule has 0 aliphatic carbocycles. The molecule has 1 aromatic heterocycles. The minimum absolute atomic E-state index is 0.0451. The van der Waals surface area contributed by atoms with Crippen LogP contribution in [-0.2, 0) is 17.9 Å². The lowest BCUT2D eigenvalue weighted by Gasteiger charge is -2.23. The van der Waals surface area contributed by atoms with Crippen molar-refractivity contribution in [2.24, 2.45) is 5.73 Å². The Balaban J connectivity index is 0.000000559. The van der Waals surface area contributed by atoms with E-state index in [4.69, 9.17) is 21.0 Å². The van der Waals surface area contributed by atoms with E-state index in [1.807, 2.05) is 54.7 Å². The smallest absolute Gasteiger partial charge is 0.430 e. The first-order chi connectivity index (χ1) is 18.7. The van der Waals surface area contributed by atoms with E-state index >= 15 is 0 Å². The normalized spacial score (nSPS) is 11.4. The number of amides is 1. The van der Waals surface area contributed by atoms with Gasteiger partial charge in [0.15, 0.2) is 0 Å². The van der Waals surface area contributed by atoms with E-state index in [0.29, 0.717) is 24.2 Å². The van der Waals surface area contributed by atoms with Gasteiger partial charge >= 0.3 is 6.18 Å². The van der Waals surface area contributed by atoms with Crippen molar-refractivity contribution < 1.29 is 27.9 Å². The van der Waals surface area contributed by atoms with Gasteiger partial charge in [-0.3, -0.25) is 14.7 Å². The highest BCUT2D eigenvalue weighted by atomic mass is 19.4. The molecule has 0 bridgehead atoms. The number of rotatable bonds is 7. The average Bonchev–Trinajstić information content (AvgIpc) is 3.25. The second-order valence-corrected chi connectivity index (χ2v) is 9.95. The van der Waals surface area contributed by atoms with Crippen molar-refractivity contribution in [1.82, 2.24) is 14.4 Å². The Morgan fingerprint density at radius 1 is 0.975 bits per heavy atom. The Morgan fingerprint density at radius 3 is 2.17 bits per heavy atom. The summed E-state index contributed by atoms with van der Waals surface area (Å²) in [6.45, 7) is 1.05. The number of para-hydroxylation sites is 1. The van der Waals surface area contributed by atoms with E-state index in [1.165, 1.54) is 5.69 Å². The number of benzene rings is 3. The largest absolute Gasteiger partial charge is 0.542 e. The Labute approximate surface area is 229 Å². The van der Waals surface area contributed by atoms with Crippen molar-refractivity contribution in [2.45, 2.75) is 19.3 Å². The maximum Gasteiger partial charge on any atom is 0.430 e. The quantitative estimate of drug-likeness (QED) is 0.184. The van der Waals surface area contributed by atoms with Crippen molar-refractivity contribution >= 4 is 34.3 Å². The van der Waals surface area contributed by atoms with E-state index in [1.54, 1.807) is 0 Å². The van der Waals surface area contributed by atoms with E-state index < -0.39 is 12.1 Å². The van der Waals surface area contributed by atoms with Gasteiger partial charge in [-0.05, 0) is 35.4 Å². The van der Waals surface area contributed by atoms with Crippen LogP contribution in [0.4, 0.5) is 18.9 Å². The summed E-state index contributed by atoms with van der Waals surface area (Å²) in [4.78, 5) is 21.9. The molecule has 1 heterocycles. The highest BCUT2D eigenvalue weighted by molar-refractivity contribution is 6.07. The summed E-state index contributed by atoms with van der Waals surface area (Å²) in [7, 11) is 6.38. The maximum atomic E-state index is 13.1. The molecule has 0 radical (unpaired) electrons. The summed E-state index contributed by atoms with van der Waals surface area (Å²) in [5.41, 5.74) is 11.3. The fourth-order valence-corrected chi connectivity index (χ4v) is 3.93. The molecule has 0 aliphatic rings. The van der Waals surface area contributed by atoms with E-state index in [-0.39, 0.29) is 11.7 Å². The van der Waals surface area contributed by atoms with Crippen LogP contribution in [0.1, 0.15) is 27.0 Å². The Hall–Kier alpha value is -4.64. The third kappa shape index (κ3) is 7.70. The minimum atomic E-state index is -5.19. The number of fused-ring (bicyclic) bond motifs is 1. The summed E-state index contributed by atoms with van der Waals surface area (Å²) in [6, 6.07) is 23.9. The minimum Gasteiger partial charge on any atom is -0.542 e. The van der Waals surface area contributed by atoms with Crippen LogP contribution in [0.2, 0.25) is 0 Å². The number of carboxylic acids is 1. The first-order valence-electron chi connectivity index (χ1n) is 12.2. The molecule has 210 valence electrons.